The fourth-order valence-electron chi connectivity index (χ4n) is 4.91. The van der Waals surface area contributed by atoms with Crippen LogP contribution in [-0.2, 0) is 4.74 Å². The van der Waals surface area contributed by atoms with Gasteiger partial charge in [0.2, 0.25) is 0 Å². The molecule has 224 valence electrons. The van der Waals surface area contributed by atoms with Crippen LogP contribution in [-0.4, -0.2) is 52.3 Å². The summed E-state index contributed by atoms with van der Waals surface area (Å²) in [5, 5.41) is 10.4. The summed E-state index contributed by atoms with van der Waals surface area (Å²) >= 11 is 7.98. The number of benzene rings is 2. The molecule has 0 bridgehead atoms. The topological polar surface area (TPSA) is 133 Å². The standard InChI is InChI=1S/C31H32ClN5O5S/c1-3-4-14-40-31(39)36-12-10-21(11-13-36)42-25-7-5-6-22(28(25)32)19(2)41-26-16-27(43-29(26)30(34)38)37-18-35-23-9-8-20(17-33)15-24(23)37/h5-9,15-16,18-19,21H,3-4,10-14H2,1-2H3,(H2,34,38)/t19-/m1/s1. The second kappa shape index (κ2) is 13.4. The van der Waals surface area contributed by atoms with Gasteiger partial charge in [0.1, 0.15) is 39.9 Å². The number of carbonyl (C=O) groups is 2. The highest BCUT2D eigenvalue weighted by molar-refractivity contribution is 7.16. The number of thiophene rings is 1. The molecule has 1 aliphatic rings. The summed E-state index contributed by atoms with van der Waals surface area (Å²) in [6, 6.07) is 14.6. The molecule has 0 unspecified atom stereocenters. The fourth-order valence-corrected chi connectivity index (χ4v) is 6.16. The Morgan fingerprint density at radius 1 is 1.21 bits per heavy atom. The molecule has 0 saturated carbocycles. The average molecular weight is 622 g/mol. The zero-order valence-corrected chi connectivity index (χ0v) is 25.5. The van der Waals surface area contributed by atoms with Crippen molar-refractivity contribution in [1.82, 2.24) is 14.5 Å². The third-order valence-electron chi connectivity index (χ3n) is 7.27. The number of hydrogen-bond acceptors (Lipinski definition) is 8. The maximum absolute atomic E-state index is 12.4. The van der Waals surface area contributed by atoms with Crippen molar-refractivity contribution in [2.45, 2.75) is 51.7 Å². The zero-order chi connectivity index (χ0) is 30.5. The Labute approximate surface area is 258 Å². The van der Waals surface area contributed by atoms with E-state index in [0.717, 1.165) is 18.4 Å². The Balaban J connectivity index is 1.29. The Hall–Kier alpha value is -4.27. The minimum absolute atomic E-state index is 0.101. The number of halogens is 1. The number of nitrogens with two attached hydrogens (primary N) is 1. The lowest BCUT2D eigenvalue weighted by Crippen LogP contribution is -2.42. The highest BCUT2D eigenvalue weighted by atomic mass is 35.5. The first-order chi connectivity index (χ1) is 20.8. The SMILES string of the molecule is CCCCOC(=O)N1CCC(Oc2cccc([C@@H](C)Oc3cc(-n4cnc5ccc(C#N)cc54)sc3C(N)=O)c2Cl)CC1. The van der Waals surface area contributed by atoms with Crippen LogP contribution in [0.2, 0.25) is 5.02 Å². The van der Waals surface area contributed by atoms with Crippen molar-refractivity contribution in [3.63, 3.8) is 0 Å². The van der Waals surface area contributed by atoms with Gasteiger partial charge in [0.05, 0.1) is 34.3 Å². The van der Waals surface area contributed by atoms with Crippen LogP contribution in [0.1, 0.15) is 66.4 Å². The summed E-state index contributed by atoms with van der Waals surface area (Å²) in [5.74, 6) is 0.223. The number of fused-ring (bicyclic) bond motifs is 1. The Kier molecular flexibility index (Phi) is 9.38. The van der Waals surface area contributed by atoms with Gasteiger partial charge >= 0.3 is 6.09 Å². The quantitative estimate of drug-likeness (QED) is 0.196. The van der Waals surface area contributed by atoms with Crippen molar-refractivity contribution < 1.29 is 23.8 Å². The van der Waals surface area contributed by atoms with Gasteiger partial charge in [0.25, 0.3) is 5.91 Å². The van der Waals surface area contributed by atoms with Crippen molar-refractivity contribution >= 4 is 46.0 Å². The molecule has 0 radical (unpaired) electrons. The number of hydrogen-bond donors (Lipinski definition) is 1. The molecule has 4 aromatic rings. The van der Waals surface area contributed by atoms with Crippen LogP contribution in [0.3, 0.4) is 0 Å². The van der Waals surface area contributed by atoms with Gasteiger partial charge in [-0.1, -0.05) is 37.1 Å². The molecule has 2 N–H and O–H groups in total. The zero-order valence-electron chi connectivity index (χ0n) is 23.9. The summed E-state index contributed by atoms with van der Waals surface area (Å²) < 4.78 is 19.6. The van der Waals surface area contributed by atoms with Gasteiger partial charge in [-0.3, -0.25) is 9.36 Å². The second-order valence-electron chi connectivity index (χ2n) is 10.3. The summed E-state index contributed by atoms with van der Waals surface area (Å²) in [7, 11) is 0. The molecular weight excluding hydrogens is 590 g/mol. The van der Waals surface area contributed by atoms with E-state index in [1.165, 1.54) is 11.3 Å². The van der Waals surface area contributed by atoms with Gasteiger partial charge in [-0.15, -0.1) is 11.3 Å². The highest BCUT2D eigenvalue weighted by Crippen LogP contribution is 2.39. The van der Waals surface area contributed by atoms with E-state index in [0.29, 0.717) is 70.7 Å². The van der Waals surface area contributed by atoms with Gasteiger partial charge in [-0.05, 0) is 37.6 Å². The lowest BCUT2D eigenvalue weighted by molar-refractivity contribution is 0.0669. The monoisotopic (exact) mass is 621 g/mol. The molecule has 2 amide bonds. The molecule has 1 saturated heterocycles. The number of carbonyl (C=O) groups excluding carboxylic acids is 2. The molecule has 5 rings (SSSR count). The van der Waals surface area contributed by atoms with E-state index in [1.54, 1.807) is 46.1 Å². The lowest BCUT2D eigenvalue weighted by atomic mass is 10.1. The van der Waals surface area contributed by atoms with Crippen molar-refractivity contribution in [1.29, 1.82) is 5.26 Å². The van der Waals surface area contributed by atoms with Crippen molar-refractivity contribution in [2.24, 2.45) is 5.73 Å². The first-order valence-electron chi connectivity index (χ1n) is 14.1. The summed E-state index contributed by atoms with van der Waals surface area (Å²) in [4.78, 5) is 31.0. The number of piperidine rings is 1. The number of rotatable bonds is 10. The van der Waals surface area contributed by atoms with Crippen LogP contribution in [0.4, 0.5) is 4.79 Å². The summed E-state index contributed by atoms with van der Waals surface area (Å²) in [6.45, 7) is 5.42. The number of imidazole rings is 1. The van der Waals surface area contributed by atoms with E-state index in [4.69, 9.17) is 31.5 Å². The number of unbranched alkanes of at least 4 members (excludes halogenated alkanes) is 1. The molecule has 10 nitrogen and oxygen atoms in total. The third-order valence-corrected chi connectivity index (χ3v) is 8.81. The smallest absolute Gasteiger partial charge is 0.409 e. The van der Waals surface area contributed by atoms with Gasteiger partial charge in [0, 0.05) is 37.6 Å². The predicted molar refractivity (Wildman–Crippen MR) is 164 cm³/mol. The first-order valence-corrected chi connectivity index (χ1v) is 15.3. The van der Waals surface area contributed by atoms with Gasteiger partial charge in [-0.2, -0.15) is 5.26 Å². The molecule has 43 heavy (non-hydrogen) atoms. The number of primary amides is 1. The minimum Gasteiger partial charge on any atom is -0.489 e. The van der Waals surface area contributed by atoms with Crippen LogP contribution in [0, 0.1) is 11.3 Å². The van der Waals surface area contributed by atoms with Crippen LogP contribution < -0.4 is 15.2 Å². The molecule has 3 heterocycles. The van der Waals surface area contributed by atoms with E-state index in [-0.39, 0.29) is 17.1 Å². The fraction of sp³-hybridized carbons (Fsp3) is 0.355. The molecule has 0 aliphatic carbocycles. The molecule has 0 spiro atoms. The van der Waals surface area contributed by atoms with Crippen LogP contribution in [0.15, 0.2) is 48.8 Å². The summed E-state index contributed by atoms with van der Waals surface area (Å²) in [5.41, 5.74) is 8.34. The summed E-state index contributed by atoms with van der Waals surface area (Å²) in [6.07, 6.45) is 3.86. The number of nitrogens with zero attached hydrogens (tertiary/aromatic N) is 4. The van der Waals surface area contributed by atoms with Gasteiger partial charge in [0.15, 0.2) is 0 Å². The predicted octanol–water partition coefficient (Wildman–Crippen LogP) is 6.63. The first kappa shape index (κ1) is 30.2. The molecule has 2 aromatic carbocycles. The molecule has 12 heteroatoms. The van der Waals surface area contributed by atoms with E-state index in [9.17, 15) is 14.9 Å². The number of amides is 2. The highest BCUT2D eigenvalue weighted by Gasteiger charge is 2.27. The van der Waals surface area contributed by atoms with Crippen molar-refractivity contribution in [2.75, 3.05) is 19.7 Å². The lowest BCUT2D eigenvalue weighted by Gasteiger charge is -2.32. The number of nitriles is 1. The number of aromatic nitrogens is 2. The van der Waals surface area contributed by atoms with Crippen molar-refractivity contribution in [3.05, 3.63) is 69.8 Å². The van der Waals surface area contributed by atoms with Crippen LogP contribution in [0.25, 0.3) is 16.0 Å². The maximum atomic E-state index is 12.4. The molecule has 1 aliphatic heterocycles. The van der Waals surface area contributed by atoms with Gasteiger partial charge in [-0.25, -0.2) is 9.78 Å². The molecule has 2 aromatic heterocycles. The Morgan fingerprint density at radius 2 is 2.00 bits per heavy atom. The minimum atomic E-state index is -0.621. The molecule has 1 atom stereocenters. The number of ether oxygens (including phenoxy) is 3. The van der Waals surface area contributed by atoms with E-state index in [2.05, 4.69) is 18.0 Å². The normalized spacial score (nSPS) is 14.3. The molecule has 1 fully saturated rings. The van der Waals surface area contributed by atoms with E-state index in [1.807, 2.05) is 19.1 Å². The Morgan fingerprint density at radius 3 is 2.72 bits per heavy atom. The second-order valence-corrected chi connectivity index (χ2v) is 11.7. The average Bonchev–Trinajstić information content (AvgIpc) is 3.62. The number of likely N-dealkylation sites (tertiary alicyclic amines) is 1. The van der Waals surface area contributed by atoms with Crippen LogP contribution in [0.5, 0.6) is 11.5 Å². The molecular formula is C31H32ClN5O5S. The third kappa shape index (κ3) is 6.71. The van der Waals surface area contributed by atoms with E-state index >= 15 is 0 Å². The maximum Gasteiger partial charge on any atom is 0.409 e. The van der Waals surface area contributed by atoms with Gasteiger partial charge < -0.3 is 24.8 Å². The van der Waals surface area contributed by atoms with Crippen LogP contribution >= 0.6 is 22.9 Å². The van der Waals surface area contributed by atoms with Crippen molar-refractivity contribution in [3.8, 4) is 22.6 Å². The van der Waals surface area contributed by atoms with E-state index < -0.39 is 12.0 Å². The largest absolute Gasteiger partial charge is 0.489 e. The Bertz CT molecular complexity index is 1670.